The van der Waals surface area contributed by atoms with Gasteiger partial charge < -0.3 is 20.5 Å². The number of hydrogen-bond acceptors (Lipinski definition) is 4. The van der Waals surface area contributed by atoms with Gasteiger partial charge >= 0.3 is 5.97 Å². The van der Waals surface area contributed by atoms with Gasteiger partial charge in [0.25, 0.3) is 0 Å². The maximum atomic E-state index is 11.3. The molecule has 23 heavy (non-hydrogen) atoms. The van der Waals surface area contributed by atoms with Crippen LogP contribution >= 0.6 is 0 Å². The van der Waals surface area contributed by atoms with Crippen LogP contribution in [0.1, 0.15) is 32.3 Å². The summed E-state index contributed by atoms with van der Waals surface area (Å²) in [6.07, 6.45) is 2.86. The molecule has 2 atom stereocenters. The number of carboxylic acids is 1. The van der Waals surface area contributed by atoms with Crippen LogP contribution in [0.2, 0.25) is 0 Å². The van der Waals surface area contributed by atoms with Crippen molar-refractivity contribution in [2.45, 2.75) is 39.2 Å². The Labute approximate surface area is 139 Å². The van der Waals surface area contributed by atoms with E-state index in [2.05, 4.69) is 16.7 Å². The normalized spacial score (nSPS) is 13.5. The summed E-state index contributed by atoms with van der Waals surface area (Å²) in [7, 11) is 1.95. The highest BCUT2D eigenvalue weighted by molar-refractivity contribution is 5.73. The molecule has 0 aliphatic rings. The zero-order chi connectivity index (χ0) is 17.1. The maximum absolute atomic E-state index is 11.3. The Morgan fingerprint density at radius 1 is 1.30 bits per heavy atom. The molecule has 0 saturated carbocycles. The van der Waals surface area contributed by atoms with Crippen molar-refractivity contribution < 1.29 is 14.6 Å². The summed E-state index contributed by atoms with van der Waals surface area (Å²) in [6.45, 7) is 5.91. The number of para-hydroxylation sites is 1. The van der Waals surface area contributed by atoms with E-state index in [-0.39, 0.29) is 5.92 Å². The quantitative estimate of drug-likeness (QED) is 0.515. The summed E-state index contributed by atoms with van der Waals surface area (Å²) in [4.78, 5) is 11.3. The Hall–Kier alpha value is -1.59. The van der Waals surface area contributed by atoms with Crippen LogP contribution in [0, 0.1) is 5.92 Å². The number of aryl methyl sites for hydroxylation is 1. The van der Waals surface area contributed by atoms with Gasteiger partial charge in [-0.05, 0) is 44.0 Å². The minimum atomic E-state index is -0.799. The number of hydrogen-bond donors (Lipinski definition) is 3. The summed E-state index contributed by atoms with van der Waals surface area (Å²) in [5.41, 5.74) is 1.19. The Balaban J connectivity index is 2.44. The van der Waals surface area contributed by atoms with Crippen molar-refractivity contribution in [1.29, 1.82) is 0 Å². The fourth-order valence-electron chi connectivity index (χ4n) is 2.45. The van der Waals surface area contributed by atoms with Crippen LogP contribution in [-0.2, 0) is 11.2 Å². The molecule has 0 bridgehead atoms. The molecule has 1 aromatic rings. The summed E-state index contributed by atoms with van der Waals surface area (Å²) in [5, 5.41) is 15.5. The van der Waals surface area contributed by atoms with Gasteiger partial charge in [0.05, 0.1) is 0 Å². The van der Waals surface area contributed by atoms with Gasteiger partial charge in [-0.25, -0.2) is 0 Å². The monoisotopic (exact) mass is 322 g/mol. The average Bonchev–Trinajstić information content (AvgIpc) is 2.55. The molecule has 1 aromatic carbocycles. The largest absolute Gasteiger partial charge is 0.492 e. The predicted molar refractivity (Wildman–Crippen MR) is 93.1 cm³/mol. The first-order valence-electron chi connectivity index (χ1n) is 8.41. The SMILES string of the molecule is CCC(C)[C@H](NCCOc1ccccc1CCCNC)C(=O)O. The molecule has 0 aliphatic heterocycles. The Morgan fingerprint density at radius 3 is 2.70 bits per heavy atom. The van der Waals surface area contributed by atoms with Crippen LogP contribution in [0.25, 0.3) is 0 Å². The molecule has 1 rings (SSSR count). The first-order valence-corrected chi connectivity index (χ1v) is 8.41. The predicted octanol–water partition coefficient (Wildman–Crippen LogP) is 2.31. The van der Waals surface area contributed by atoms with E-state index in [9.17, 15) is 9.90 Å². The molecule has 5 heteroatoms. The molecule has 0 saturated heterocycles. The molecule has 0 fully saturated rings. The molecule has 3 N–H and O–H groups in total. The van der Waals surface area contributed by atoms with E-state index in [1.165, 1.54) is 5.56 Å². The fraction of sp³-hybridized carbons (Fsp3) is 0.611. The average molecular weight is 322 g/mol. The lowest BCUT2D eigenvalue weighted by molar-refractivity contribution is -0.140. The second kappa shape index (κ2) is 11.0. The zero-order valence-electron chi connectivity index (χ0n) is 14.5. The van der Waals surface area contributed by atoms with Crippen molar-refractivity contribution in [1.82, 2.24) is 10.6 Å². The summed E-state index contributed by atoms with van der Waals surface area (Å²) < 4.78 is 5.84. The standard InChI is InChI=1S/C18H30N2O3/c1-4-14(2)17(18(21)22)20-12-13-23-16-10-6-5-8-15(16)9-7-11-19-3/h5-6,8,10,14,17,19-20H,4,7,9,11-13H2,1-3H3,(H,21,22)/t14?,17-/m0/s1. The van der Waals surface area contributed by atoms with E-state index in [4.69, 9.17) is 4.74 Å². The van der Waals surface area contributed by atoms with Crippen LogP contribution in [-0.4, -0.2) is 43.9 Å². The summed E-state index contributed by atoms with van der Waals surface area (Å²) in [5.74, 6) is 0.189. The molecule has 0 heterocycles. The van der Waals surface area contributed by atoms with E-state index < -0.39 is 12.0 Å². The van der Waals surface area contributed by atoms with Gasteiger partial charge in [0, 0.05) is 6.54 Å². The van der Waals surface area contributed by atoms with Gasteiger partial charge in [-0.2, -0.15) is 0 Å². The third-order valence-corrected chi connectivity index (χ3v) is 4.05. The number of benzene rings is 1. The van der Waals surface area contributed by atoms with E-state index in [0.717, 1.165) is 31.6 Å². The van der Waals surface area contributed by atoms with Crippen LogP contribution in [0.15, 0.2) is 24.3 Å². The smallest absolute Gasteiger partial charge is 0.320 e. The molecule has 0 amide bonds. The summed E-state index contributed by atoms with van der Waals surface area (Å²) >= 11 is 0. The number of carbonyl (C=O) groups is 1. The van der Waals surface area contributed by atoms with Gasteiger partial charge in [0.1, 0.15) is 18.4 Å². The van der Waals surface area contributed by atoms with E-state index in [1.54, 1.807) is 0 Å². The number of ether oxygens (including phenoxy) is 1. The van der Waals surface area contributed by atoms with Crippen molar-refractivity contribution >= 4 is 5.97 Å². The number of nitrogens with one attached hydrogen (secondary N) is 2. The van der Waals surface area contributed by atoms with E-state index in [0.29, 0.717) is 13.2 Å². The van der Waals surface area contributed by atoms with Crippen molar-refractivity contribution in [3.8, 4) is 5.75 Å². The highest BCUT2D eigenvalue weighted by Gasteiger charge is 2.22. The lowest BCUT2D eigenvalue weighted by atomic mass is 9.99. The second-order valence-electron chi connectivity index (χ2n) is 5.82. The number of rotatable bonds is 12. The molecule has 0 radical (unpaired) electrons. The van der Waals surface area contributed by atoms with Gasteiger partial charge in [-0.15, -0.1) is 0 Å². The topological polar surface area (TPSA) is 70.6 Å². The minimum Gasteiger partial charge on any atom is -0.492 e. The van der Waals surface area contributed by atoms with Gasteiger partial charge in [-0.1, -0.05) is 38.5 Å². The first-order chi connectivity index (χ1) is 11.1. The Kier molecular flexibility index (Phi) is 9.33. The third kappa shape index (κ3) is 7.01. The van der Waals surface area contributed by atoms with Gasteiger partial charge in [-0.3, -0.25) is 4.79 Å². The Bertz CT molecular complexity index is 465. The highest BCUT2D eigenvalue weighted by Crippen LogP contribution is 2.19. The van der Waals surface area contributed by atoms with Crippen LogP contribution in [0.4, 0.5) is 0 Å². The van der Waals surface area contributed by atoms with Crippen molar-refractivity contribution in [3.05, 3.63) is 29.8 Å². The minimum absolute atomic E-state index is 0.0985. The van der Waals surface area contributed by atoms with Crippen molar-refractivity contribution in [2.24, 2.45) is 5.92 Å². The summed E-state index contributed by atoms with van der Waals surface area (Å²) in [6, 6.07) is 7.51. The molecule has 0 aliphatic carbocycles. The molecule has 0 aromatic heterocycles. The molecule has 5 nitrogen and oxygen atoms in total. The van der Waals surface area contributed by atoms with Crippen LogP contribution in [0.5, 0.6) is 5.75 Å². The molecule has 1 unspecified atom stereocenters. The molecule has 130 valence electrons. The van der Waals surface area contributed by atoms with Crippen molar-refractivity contribution in [3.63, 3.8) is 0 Å². The lowest BCUT2D eigenvalue weighted by Gasteiger charge is -2.20. The molecule has 0 spiro atoms. The maximum Gasteiger partial charge on any atom is 0.320 e. The molecular weight excluding hydrogens is 292 g/mol. The van der Waals surface area contributed by atoms with Crippen LogP contribution < -0.4 is 15.4 Å². The first kappa shape index (κ1) is 19.5. The Morgan fingerprint density at radius 2 is 2.04 bits per heavy atom. The second-order valence-corrected chi connectivity index (χ2v) is 5.82. The third-order valence-electron chi connectivity index (χ3n) is 4.05. The van der Waals surface area contributed by atoms with E-state index in [1.807, 2.05) is 39.1 Å². The van der Waals surface area contributed by atoms with Crippen LogP contribution in [0.3, 0.4) is 0 Å². The number of carboxylic acid groups (broad SMARTS) is 1. The number of aliphatic carboxylic acids is 1. The van der Waals surface area contributed by atoms with Crippen molar-refractivity contribution in [2.75, 3.05) is 26.7 Å². The van der Waals surface area contributed by atoms with Gasteiger partial charge in [0.15, 0.2) is 0 Å². The highest BCUT2D eigenvalue weighted by atomic mass is 16.5. The van der Waals surface area contributed by atoms with Gasteiger partial charge in [0.2, 0.25) is 0 Å². The lowest BCUT2D eigenvalue weighted by Crippen LogP contribution is -2.43. The molecular formula is C18H30N2O3. The zero-order valence-corrected chi connectivity index (χ0v) is 14.5. The van der Waals surface area contributed by atoms with E-state index >= 15 is 0 Å². The fourth-order valence-corrected chi connectivity index (χ4v) is 2.45.